The summed E-state index contributed by atoms with van der Waals surface area (Å²) in [6.07, 6.45) is 7.37. The van der Waals surface area contributed by atoms with Gasteiger partial charge in [0.05, 0.1) is 6.17 Å². The molecular formula is C11H24N2. The minimum Gasteiger partial charge on any atom is -0.300 e. The summed E-state index contributed by atoms with van der Waals surface area (Å²) in [6.45, 7) is 8.28. The summed E-state index contributed by atoms with van der Waals surface area (Å²) in [5, 5.41) is 3.58. The van der Waals surface area contributed by atoms with Gasteiger partial charge in [0.25, 0.3) is 0 Å². The third kappa shape index (κ3) is 3.65. The topological polar surface area (TPSA) is 15.3 Å². The van der Waals surface area contributed by atoms with E-state index in [1.54, 1.807) is 0 Å². The van der Waals surface area contributed by atoms with Crippen LogP contribution in [0.4, 0.5) is 0 Å². The van der Waals surface area contributed by atoms with Gasteiger partial charge < -0.3 is 5.32 Å². The van der Waals surface area contributed by atoms with Crippen molar-refractivity contribution in [3.63, 3.8) is 0 Å². The molecule has 0 radical (unpaired) electrons. The van der Waals surface area contributed by atoms with Crippen LogP contribution in [-0.2, 0) is 0 Å². The van der Waals surface area contributed by atoms with Gasteiger partial charge in [-0.1, -0.05) is 33.1 Å². The predicted molar refractivity (Wildman–Crippen MR) is 57.8 cm³/mol. The van der Waals surface area contributed by atoms with Crippen LogP contribution in [0.15, 0.2) is 0 Å². The lowest BCUT2D eigenvalue weighted by Crippen LogP contribution is -2.36. The van der Waals surface area contributed by atoms with Crippen molar-refractivity contribution in [1.29, 1.82) is 0 Å². The number of unbranched alkanes of at least 4 members (excludes halogenated alkanes) is 2. The molecule has 1 saturated heterocycles. The van der Waals surface area contributed by atoms with Crippen LogP contribution in [0.5, 0.6) is 0 Å². The summed E-state index contributed by atoms with van der Waals surface area (Å²) in [7, 11) is 0. The summed E-state index contributed by atoms with van der Waals surface area (Å²) in [5.41, 5.74) is 0. The van der Waals surface area contributed by atoms with E-state index in [4.69, 9.17) is 0 Å². The molecule has 0 aromatic carbocycles. The SMILES string of the molecule is CCCCC1NCCN1CCCC. The summed E-state index contributed by atoms with van der Waals surface area (Å²) in [5.74, 6) is 0. The first-order chi connectivity index (χ1) is 6.38. The van der Waals surface area contributed by atoms with Crippen molar-refractivity contribution in [3.8, 4) is 0 Å². The van der Waals surface area contributed by atoms with Crippen molar-refractivity contribution in [1.82, 2.24) is 10.2 Å². The molecule has 13 heavy (non-hydrogen) atoms. The summed E-state index contributed by atoms with van der Waals surface area (Å²) >= 11 is 0. The number of nitrogens with one attached hydrogen (secondary N) is 1. The molecular weight excluding hydrogens is 160 g/mol. The van der Waals surface area contributed by atoms with E-state index >= 15 is 0 Å². The molecule has 1 aliphatic rings. The van der Waals surface area contributed by atoms with Crippen molar-refractivity contribution < 1.29 is 0 Å². The molecule has 1 fully saturated rings. The van der Waals surface area contributed by atoms with Gasteiger partial charge in [0, 0.05) is 13.1 Å². The zero-order valence-corrected chi connectivity index (χ0v) is 9.18. The Hall–Kier alpha value is -0.0800. The second-order valence-corrected chi connectivity index (χ2v) is 4.00. The van der Waals surface area contributed by atoms with Crippen molar-refractivity contribution >= 4 is 0 Å². The highest BCUT2D eigenvalue weighted by Crippen LogP contribution is 2.11. The van der Waals surface area contributed by atoms with Gasteiger partial charge in [-0.3, -0.25) is 4.90 Å². The lowest BCUT2D eigenvalue weighted by atomic mass is 10.2. The average molecular weight is 184 g/mol. The van der Waals surface area contributed by atoms with E-state index in [1.807, 2.05) is 0 Å². The smallest absolute Gasteiger partial charge is 0.0597 e. The Bertz CT molecular complexity index is 111. The molecule has 78 valence electrons. The van der Waals surface area contributed by atoms with Crippen LogP contribution < -0.4 is 5.32 Å². The van der Waals surface area contributed by atoms with Crippen LogP contribution in [0.3, 0.4) is 0 Å². The van der Waals surface area contributed by atoms with Gasteiger partial charge in [0.2, 0.25) is 0 Å². The molecule has 0 bridgehead atoms. The van der Waals surface area contributed by atoms with Gasteiger partial charge in [-0.15, -0.1) is 0 Å². The molecule has 2 heteroatoms. The molecule has 1 aliphatic heterocycles. The van der Waals surface area contributed by atoms with Crippen LogP contribution in [-0.4, -0.2) is 30.7 Å². The van der Waals surface area contributed by atoms with Gasteiger partial charge >= 0.3 is 0 Å². The Morgan fingerprint density at radius 3 is 2.69 bits per heavy atom. The van der Waals surface area contributed by atoms with Crippen LogP contribution in [0.25, 0.3) is 0 Å². The maximum absolute atomic E-state index is 3.58. The maximum atomic E-state index is 3.58. The third-order valence-electron chi connectivity index (χ3n) is 2.85. The number of hydrogen-bond acceptors (Lipinski definition) is 2. The zero-order chi connectivity index (χ0) is 9.52. The van der Waals surface area contributed by atoms with E-state index in [0.717, 1.165) is 0 Å². The number of nitrogens with zero attached hydrogens (tertiary/aromatic N) is 1. The summed E-state index contributed by atoms with van der Waals surface area (Å²) in [4.78, 5) is 2.61. The molecule has 1 N–H and O–H groups in total. The monoisotopic (exact) mass is 184 g/mol. The highest BCUT2D eigenvalue weighted by molar-refractivity contribution is 4.77. The van der Waals surface area contributed by atoms with Gasteiger partial charge in [-0.25, -0.2) is 0 Å². The molecule has 0 aliphatic carbocycles. The lowest BCUT2D eigenvalue weighted by Gasteiger charge is -2.23. The fourth-order valence-corrected chi connectivity index (χ4v) is 1.97. The molecule has 2 nitrogen and oxygen atoms in total. The van der Waals surface area contributed by atoms with Crippen LogP contribution in [0, 0.1) is 0 Å². The molecule has 0 aromatic rings. The first-order valence-corrected chi connectivity index (χ1v) is 5.86. The Balaban J connectivity index is 2.18. The highest BCUT2D eigenvalue weighted by Gasteiger charge is 2.21. The lowest BCUT2D eigenvalue weighted by molar-refractivity contribution is 0.223. The van der Waals surface area contributed by atoms with Crippen molar-refractivity contribution in [2.75, 3.05) is 19.6 Å². The fraction of sp³-hybridized carbons (Fsp3) is 1.00. The normalized spacial score (nSPS) is 24.0. The van der Waals surface area contributed by atoms with E-state index in [1.165, 1.54) is 51.7 Å². The molecule has 0 amide bonds. The average Bonchev–Trinajstić information content (AvgIpc) is 2.59. The zero-order valence-electron chi connectivity index (χ0n) is 9.18. The Morgan fingerprint density at radius 2 is 2.00 bits per heavy atom. The molecule has 0 spiro atoms. The standard InChI is InChI=1S/C11H24N2/c1-3-5-7-11-12-8-10-13(11)9-6-4-2/h11-12H,3-10H2,1-2H3. The highest BCUT2D eigenvalue weighted by atomic mass is 15.3. The van der Waals surface area contributed by atoms with E-state index in [-0.39, 0.29) is 0 Å². The van der Waals surface area contributed by atoms with Gasteiger partial charge in [-0.05, 0) is 19.4 Å². The van der Waals surface area contributed by atoms with Crippen molar-refractivity contribution in [2.45, 2.75) is 52.1 Å². The second kappa shape index (κ2) is 6.39. The minimum absolute atomic E-state index is 0.687. The first kappa shape index (κ1) is 11.0. The van der Waals surface area contributed by atoms with E-state index in [9.17, 15) is 0 Å². The molecule has 1 unspecified atom stereocenters. The maximum Gasteiger partial charge on any atom is 0.0597 e. The summed E-state index contributed by atoms with van der Waals surface area (Å²) < 4.78 is 0. The predicted octanol–water partition coefficient (Wildman–Crippen LogP) is 2.21. The molecule has 1 rings (SSSR count). The van der Waals surface area contributed by atoms with E-state index < -0.39 is 0 Å². The molecule has 0 saturated carbocycles. The van der Waals surface area contributed by atoms with Crippen LogP contribution >= 0.6 is 0 Å². The van der Waals surface area contributed by atoms with Crippen molar-refractivity contribution in [2.24, 2.45) is 0 Å². The van der Waals surface area contributed by atoms with Crippen LogP contribution in [0.1, 0.15) is 46.0 Å². The van der Waals surface area contributed by atoms with E-state index in [2.05, 4.69) is 24.1 Å². The molecule has 1 heterocycles. The summed E-state index contributed by atoms with van der Waals surface area (Å²) in [6, 6.07) is 0. The molecule has 0 aromatic heterocycles. The minimum atomic E-state index is 0.687. The van der Waals surface area contributed by atoms with E-state index in [0.29, 0.717) is 6.17 Å². The van der Waals surface area contributed by atoms with Crippen LogP contribution in [0.2, 0.25) is 0 Å². The second-order valence-electron chi connectivity index (χ2n) is 4.00. The number of rotatable bonds is 6. The first-order valence-electron chi connectivity index (χ1n) is 5.86. The van der Waals surface area contributed by atoms with Gasteiger partial charge in [0.15, 0.2) is 0 Å². The Labute approximate surface area is 82.7 Å². The Kier molecular flexibility index (Phi) is 5.40. The Morgan fingerprint density at radius 1 is 1.23 bits per heavy atom. The van der Waals surface area contributed by atoms with Gasteiger partial charge in [0.1, 0.15) is 0 Å². The largest absolute Gasteiger partial charge is 0.300 e. The fourth-order valence-electron chi connectivity index (χ4n) is 1.97. The third-order valence-corrected chi connectivity index (χ3v) is 2.85. The quantitative estimate of drug-likeness (QED) is 0.681. The van der Waals surface area contributed by atoms with Crippen molar-refractivity contribution in [3.05, 3.63) is 0 Å². The molecule has 1 atom stereocenters. The van der Waals surface area contributed by atoms with Gasteiger partial charge in [-0.2, -0.15) is 0 Å². The number of hydrogen-bond donors (Lipinski definition) is 1.